The van der Waals surface area contributed by atoms with Crippen LogP contribution in [0.2, 0.25) is 0 Å². The van der Waals surface area contributed by atoms with E-state index in [0.29, 0.717) is 5.92 Å². The molecular weight excluding hydrogens is 318 g/mol. The molecule has 3 rings (SSSR count). The van der Waals surface area contributed by atoms with Crippen LogP contribution in [0, 0.1) is 0 Å². The highest BCUT2D eigenvalue weighted by molar-refractivity contribution is 9.10. The van der Waals surface area contributed by atoms with Crippen LogP contribution < -0.4 is 5.73 Å². The molecule has 0 bridgehead atoms. The van der Waals surface area contributed by atoms with Gasteiger partial charge < -0.3 is 5.73 Å². The minimum Gasteiger partial charge on any atom is -0.321 e. The third-order valence-electron chi connectivity index (χ3n) is 4.27. The smallest absolute Gasteiger partial charge is 0.0498 e. The van der Waals surface area contributed by atoms with Gasteiger partial charge >= 0.3 is 0 Å². The lowest BCUT2D eigenvalue weighted by Gasteiger charge is -2.42. The molecule has 1 aliphatic rings. The lowest BCUT2D eigenvalue weighted by Crippen LogP contribution is -2.44. The molecule has 1 nitrogen and oxygen atoms in total. The molecule has 2 N–H and O–H groups in total. The monoisotopic (exact) mass is 335 g/mol. The van der Waals surface area contributed by atoms with E-state index in [1.165, 1.54) is 34.9 Å². The lowest BCUT2D eigenvalue weighted by atomic mass is 9.67. The van der Waals surface area contributed by atoms with Crippen molar-refractivity contribution >= 4 is 27.3 Å². The summed E-state index contributed by atoms with van der Waals surface area (Å²) < 4.78 is 1.17. The fourth-order valence-electron chi connectivity index (χ4n) is 3.28. The highest BCUT2D eigenvalue weighted by atomic mass is 79.9. The van der Waals surface area contributed by atoms with Gasteiger partial charge in [-0.25, -0.2) is 0 Å². The first kappa shape index (κ1) is 13.3. The Hall–Kier alpha value is -0.640. The van der Waals surface area contributed by atoms with Gasteiger partial charge in [0.2, 0.25) is 0 Å². The molecule has 0 amide bonds. The molecule has 1 fully saturated rings. The minimum atomic E-state index is -0.224. The van der Waals surface area contributed by atoms with Crippen LogP contribution in [0.5, 0.6) is 0 Å². The average Bonchev–Trinajstić information content (AvgIpc) is 2.87. The summed E-state index contributed by atoms with van der Waals surface area (Å²) in [5.74, 6) is 0.424. The van der Waals surface area contributed by atoms with Crippen molar-refractivity contribution in [2.75, 3.05) is 0 Å². The SMILES string of the molecule is NC1(c2cscc2Br)CCCCC1c1ccccc1. The van der Waals surface area contributed by atoms with Gasteiger partial charge in [-0.2, -0.15) is 11.3 Å². The molecule has 0 radical (unpaired) electrons. The minimum absolute atomic E-state index is 0.224. The molecule has 1 heterocycles. The number of hydrogen-bond donors (Lipinski definition) is 1. The molecule has 2 aromatic rings. The molecule has 1 aromatic carbocycles. The topological polar surface area (TPSA) is 26.0 Å². The van der Waals surface area contributed by atoms with Crippen molar-refractivity contribution in [3.63, 3.8) is 0 Å². The lowest BCUT2D eigenvalue weighted by molar-refractivity contribution is 0.254. The molecule has 0 aliphatic heterocycles. The van der Waals surface area contributed by atoms with Gasteiger partial charge in [0.15, 0.2) is 0 Å². The second-order valence-electron chi connectivity index (χ2n) is 5.38. The van der Waals surface area contributed by atoms with E-state index in [4.69, 9.17) is 5.73 Å². The average molecular weight is 336 g/mol. The van der Waals surface area contributed by atoms with Gasteiger partial charge in [-0.3, -0.25) is 0 Å². The van der Waals surface area contributed by atoms with E-state index in [2.05, 4.69) is 57.0 Å². The Morgan fingerprint density at radius 3 is 2.63 bits per heavy atom. The van der Waals surface area contributed by atoms with E-state index in [9.17, 15) is 0 Å². The number of benzene rings is 1. The number of thiophene rings is 1. The van der Waals surface area contributed by atoms with Gasteiger partial charge in [-0.1, -0.05) is 43.2 Å². The first-order valence-electron chi connectivity index (χ1n) is 6.78. The summed E-state index contributed by atoms with van der Waals surface area (Å²) in [6.45, 7) is 0. The van der Waals surface area contributed by atoms with Crippen LogP contribution >= 0.6 is 27.3 Å². The quantitative estimate of drug-likeness (QED) is 0.818. The van der Waals surface area contributed by atoms with Crippen LogP contribution in [-0.4, -0.2) is 0 Å². The van der Waals surface area contributed by atoms with E-state index >= 15 is 0 Å². The van der Waals surface area contributed by atoms with Crippen molar-refractivity contribution in [1.29, 1.82) is 0 Å². The van der Waals surface area contributed by atoms with E-state index in [1.54, 1.807) is 11.3 Å². The van der Waals surface area contributed by atoms with E-state index in [-0.39, 0.29) is 5.54 Å². The Morgan fingerprint density at radius 1 is 1.16 bits per heavy atom. The maximum atomic E-state index is 6.88. The van der Waals surface area contributed by atoms with Gasteiger partial charge in [-0.15, -0.1) is 0 Å². The Bertz CT molecular complexity index is 551. The Balaban J connectivity index is 2.04. The van der Waals surface area contributed by atoms with Crippen molar-refractivity contribution in [2.45, 2.75) is 37.1 Å². The summed E-state index contributed by atoms with van der Waals surface area (Å²) in [5, 5.41) is 4.35. The van der Waals surface area contributed by atoms with Crippen LogP contribution in [0.1, 0.15) is 42.7 Å². The number of hydrogen-bond acceptors (Lipinski definition) is 2. The second kappa shape index (κ2) is 5.39. The van der Waals surface area contributed by atoms with E-state index in [0.717, 1.165) is 6.42 Å². The van der Waals surface area contributed by atoms with Crippen molar-refractivity contribution in [3.8, 4) is 0 Å². The van der Waals surface area contributed by atoms with Crippen molar-refractivity contribution < 1.29 is 0 Å². The van der Waals surface area contributed by atoms with Crippen LogP contribution in [0.25, 0.3) is 0 Å². The standard InChI is InChI=1S/C16H18BrNS/c17-15-11-19-10-14(15)16(18)9-5-4-8-13(16)12-6-2-1-3-7-12/h1-3,6-7,10-11,13H,4-5,8-9,18H2. The first-order valence-corrected chi connectivity index (χ1v) is 8.51. The Morgan fingerprint density at radius 2 is 1.95 bits per heavy atom. The molecule has 2 atom stereocenters. The zero-order chi connectivity index (χ0) is 13.3. The number of rotatable bonds is 2. The molecule has 0 spiro atoms. The highest BCUT2D eigenvalue weighted by Gasteiger charge is 2.40. The zero-order valence-electron chi connectivity index (χ0n) is 10.8. The molecule has 1 aromatic heterocycles. The summed E-state index contributed by atoms with van der Waals surface area (Å²) in [4.78, 5) is 0. The van der Waals surface area contributed by atoms with Crippen LogP contribution in [0.3, 0.4) is 0 Å². The second-order valence-corrected chi connectivity index (χ2v) is 6.98. The first-order chi connectivity index (χ1) is 9.22. The predicted molar refractivity (Wildman–Crippen MR) is 85.5 cm³/mol. The van der Waals surface area contributed by atoms with Crippen LogP contribution in [-0.2, 0) is 5.54 Å². The Kier molecular flexibility index (Phi) is 3.79. The van der Waals surface area contributed by atoms with Crippen molar-refractivity contribution in [2.24, 2.45) is 5.73 Å². The van der Waals surface area contributed by atoms with Gasteiger partial charge in [-0.05, 0) is 45.3 Å². The summed E-state index contributed by atoms with van der Waals surface area (Å²) in [5.41, 5.74) is 9.32. The molecule has 19 heavy (non-hydrogen) atoms. The molecule has 0 saturated heterocycles. The van der Waals surface area contributed by atoms with Crippen LogP contribution in [0.4, 0.5) is 0 Å². The van der Waals surface area contributed by atoms with Crippen molar-refractivity contribution in [1.82, 2.24) is 0 Å². The largest absolute Gasteiger partial charge is 0.321 e. The highest BCUT2D eigenvalue weighted by Crippen LogP contribution is 2.48. The maximum Gasteiger partial charge on any atom is 0.0498 e. The number of halogens is 1. The molecule has 100 valence electrons. The van der Waals surface area contributed by atoms with Gasteiger partial charge in [0.05, 0.1) is 0 Å². The molecule has 3 heteroatoms. The fraction of sp³-hybridized carbons (Fsp3) is 0.375. The molecular formula is C16H18BrNS. The normalized spacial score (nSPS) is 27.4. The predicted octanol–water partition coefficient (Wildman–Crippen LogP) is 5.02. The third-order valence-corrected chi connectivity index (χ3v) is 5.98. The van der Waals surface area contributed by atoms with Crippen LogP contribution in [0.15, 0.2) is 45.6 Å². The third kappa shape index (κ3) is 2.39. The summed E-state index contributed by atoms with van der Waals surface area (Å²) in [7, 11) is 0. The van der Waals surface area contributed by atoms with Crippen molar-refractivity contribution in [3.05, 3.63) is 56.7 Å². The zero-order valence-corrected chi connectivity index (χ0v) is 13.2. The fourth-order valence-corrected chi connectivity index (χ4v) is 5.04. The van der Waals surface area contributed by atoms with E-state index < -0.39 is 0 Å². The Labute approximate surface area is 127 Å². The maximum absolute atomic E-state index is 6.88. The molecule has 1 saturated carbocycles. The molecule has 1 aliphatic carbocycles. The summed E-state index contributed by atoms with van der Waals surface area (Å²) in [6, 6.07) is 10.8. The van der Waals surface area contributed by atoms with Gasteiger partial charge in [0.25, 0.3) is 0 Å². The number of nitrogens with two attached hydrogens (primary N) is 1. The van der Waals surface area contributed by atoms with E-state index in [1.807, 2.05) is 0 Å². The van der Waals surface area contributed by atoms with Gasteiger partial charge in [0.1, 0.15) is 0 Å². The summed E-state index contributed by atoms with van der Waals surface area (Å²) in [6.07, 6.45) is 4.76. The van der Waals surface area contributed by atoms with Gasteiger partial charge in [0, 0.05) is 21.3 Å². The molecule has 2 unspecified atom stereocenters. The summed E-state index contributed by atoms with van der Waals surface area (Å²) >= 11 is 5.40.